The number of carbonyl (C=O) groups excluding carboxylic acids is 2. The van der Waals surface area contributed by atoms with Gasteiger partial charge in [0.2, 0.25) is 0 Å². The fourth-order valence-electron chi connectivity index (χ4n) is 3.23. The van der Waals surface area contributed by atoms with Crippen LogP contribution in [-0.2, 0) is 9.59 Å². The van der Waals surface area contributed by atoms with Crippen LogP contribution in [0.15, 0.2) is 53.6 Å². The van der Waals surface area contributed by atoms with E-state index in [9.17, 15) is 9.59 Å². The molecule has 0 aliphatic rings. The van der Waals surface area contributed by atoms with Gasteiger partial charge in [0, 0.05) is 33.7 Å². The van der Waals surface area contributed by atoms with Crippen LogP contribution in [0.3, 0.4) is 0 Å². The largest absolute Gasteiger partial charge is 0.497 e. The number of amides is 2. The van der Waals surface area contributed by atoms with Crippen molar-refractivity contribution in [2.24, 2.45) is 5.10 Å². The second kappa shape index (κ2) is 10.0. The molecule has 8 nitrogen and oxygen atoms in total. The van der Waals surface area contributed by atoms with Crippen LogP contribution >= 0.6 is 11.6 Å². The van der Waals surface area contributed by atoms with Crippen molar-refractivity contribution in [1.29, 1.82) is 0 Å². The number of aromatic nitrogens is 1. The minimum Gasteiger partial charge on any atom is -0.497 e. The molecule has 2 aromatic carbocycles. The van der Waals surface area contributed by atoms with E-state index in [4.69, 9.17) is 21.1 Å². The van der Waals surface area contributed by atoms with Crippen molar-refractivity contribution in [2.75, 3.05) is 19.5 Å². The van der Waals surface area contributed by atoms with Gasteiger partial charge >= 0.3 is 11.8 Å². The summed E-state index contributed by atoms with van der Waals surface area (Å²) in [5, 5.41) is 7.05. The first kappa shape index (κ1) is 22.9. The molecule has 2 N–H and O–H groups in total. The van der Waals surface area contributed by atoms with E-state index in [0.717, 1.165) is 22.6 Å². The Balaban J connectivity index is 1.70. The first-order chi connectivity index (χ1) is 15.3. The summed E-state index contributed by atoms with van der Waals surface area (Å²) in [6.45, 7) is 3.89. The summed E-state index contributed by atoms with van der Waals surface area (Å²) < 4.78 is 12.3. The Labute approximate surface area is 190 Å². The zero-order valence-electron chi connectivity index (χ0n) is 18.1. The number of nitrogens with zero attached hydrogens (tertiary/aromatic N) is 2. The van der Waals surface area contributed by atoms with Gasteiger partial charge in [-0.2, -0.15) is 5.10 Å². The van der Waals surface area contributed by atoms with Gasteiger partial charge < -0.3 is 19.4 Å². The van der Waals surface area contributed by atoms with E-state index >= 15 is 0 Å². The van der Waals surface area contributed by atoms with Crippen molar-refractivity contribution in [3.63, 3.8) is 0 Å². The maximum Gasteiger partial charge on any atom is 0.329 e. The molecule has 3 rings (SSSR count). The third kappa shape index (κ3) is 5.09. The number of anilines is 1. The Hall–Kier alpha value is -3.78. The number of hydrogen-bond donors (Lipinski definition) is 2. The Bertz CT molecular complexity index is 1190. The first-order valence-corrected chi connectivity index (χ1v) is 10.0. The molecular formula is C23H23ClN4O4. The quantitative estimate of drug-likeness (QED) is 0.336. The van der Waals surface area contributed by atoms with Gasteiger partial charge in [-0.05, 0) is 50.2 Å². The SMILES string of the molecule is COc1ccc(OC)c(NC(=O)C(=O)N/N=C\c2cc(C)n(-c3cccc(Cl)c3)c2C)c1. The Morgan fingerprint density at radius 3 is 2.50 bits per heavy atom. The number of hydrazone groups is 1. The van der Waals surface area contributed by atoms with E-state index < -0.39 is 11.8 Å². The number of hydrogen-bond acceptors (Lipinski definition) is 5. The molecular weight excluding hydrogens is 432 g/mol. The average Bonchev–Trinajstić information content (AvgIpc) is 3.06. The van der Waals surface area contributed by atoms with Crippen molar-refractivity contribution in [3.05, 3.63) is 70.5 Å². The smallest absolute Gasteiger partial charge is 0.329 e. The van der Waals surface area contributed by atoms with E-state index in [1.807, 2.05) is 48.7 Å². The molecule has 32 heavy (non-hydrogen) atoms. The van der Waals surface area contributed by atoms with Gasteiger partial charge in [0.25, 0.3) is 0 Å². The highest BCUT2D eigenvalue weighted by atomic mass is 35.5. The number of aryl methyl sites for hydroxylation is 1. The van der Waals surface area contributed by atoms with Gasteiger partial charge in [-0.3, -0.25) is 9.59 Å². The minimum absolute atomic E-state index is 0.307. The molecule has 0 aliphatic carbocycles. The maximum atomic E-state index is 12.3. The molecule has 166 valence electrons. The van der Waals surface area contributed by atoms with Crippen LogP contribution < -0.4 is 20.2 Å². The number of carbonyl (C=O) groups is 2. The van der Waals surface area contributed by atoms with Crippen LogP contribution in [0.25, 0.3) is 5.69 Å². The standard InChI is InChI=1S/C23H23ClN4O4/c1-14-10-16(15(2)28(14)18-7-5-6-17(24)11-18)13-25-27-23(30)22(29)26-20-12-19(31-3)8-9-21(20)32-4/h5-13H,1-4H3,(H,26,29)(H,27,30)/b25-13-. The molecule has 1 heterocycles. The molecule has 2 amide bonds. The van der Waals surface area contributed by atoms with E-state index in [2.05, 4.69) is 15.8 Å². The monoisotopic (exact) mass is 454 g/mol. The molecule has 9 heteroatoms. The normalized spacial score (nSPS) is 10.8. The lowest BCUT2D eigenvalue weighted by Crippen LogP contribution is -2.32. The minimum atomic E-state index is -0.922. The van der Waals surface area contributed by atoms with Crippen LogP contribution in [0.5, 0.6) is 11.5 Å². The summed E-state index contributed by atoms with van der Waals surface area (Å²) in [6, 6.07) is 14.3. The molecule has 0 saturated heterocycles. The highest BCUT2D eigenvalue weighted by molar-refractivity contribution is 6.39. The average molecular weight is 455 g/mol. The Kier molecular flexibility index (Phi) is 7.17. The second-order valence-electron chi connectivity index (χ2n) is 6.86. The summed E-state index contributed by atoms with van der Waals surface area (Å²) in [6.07, 6.45) is 1.49. The zero-order valence-corrected chi connectivity index (χ0v) is 18.9. The van der Waals surface area contributed by atoms with Gasteiger partial charge in [0.1, 0.15) is 11.5 Å². The molecule has 0 aliphatic heterocycles. The van der Waals surface area contributed by atoms with Gasteiger partial charge in [-0.1, -0.05) is 17.7 Å². The van der Waals surface area contributed by atoms with Crippen molar-refractivity contribution in [3.8, 4) is 17.2 Å². The summed E-state index contributed by atoms with van der Waals surface area (Å²) in [7, 11) is 2.96. The van der Waals surface area contributed by atoms with Crippen LogP contribution in [0.4, 0.5) is 5.69 Å². The zero-order chi connectivity index (χ0) is 23.3. The first-order valence-electron chi connectivity index (χ1n) is 9.65. The predicted octanol–water partition coefficient (Wildman–Crippen LogP) is 3.85. The van der Waals surface area contributed by atoms with Crippen molar-refractivity contribution < 1.29 is 19.1 Å². The number of ether oxygens (including phenoxy) is 2. The fraction of sp³-hybridized carbons (Fsp3) is 0.174. The molecule has 1 aromatic heterocycles. The summed E-state index contributed by atoms with van der Waals surface area (Å²) >= 11 is 6.11. The number of rotatable bonds is 6. The van der Waals surface area contributed by atoms with E-state index in [-0.39, 0.29) is 0 Å². The second-order valence-corrected chi connectivity index (χ2v) is 7.30. The molecule has 0 radical (unpaired) electrons. The highest BCUT2D eigenvalue weighted by Crippen LogP contribution is 2.28. The summed E-state index contributed by atoms with van der Waals surface area (Å²) in [5.41, 5.74) is 6.14. The van der Waals surface area contributed by atoms with E-state index in [1.54, 1.807) is 18.2 Å². The van der Waals surface area contributed by atoms with Gasteiger partial charge in [0.05, 0.1) is 26.1 Å². The highest BCUT2D eigenvalue weighted by Gasteiger charge is 2.16. The number of halogens is 1. The Morgan fingerprint density at radius 2 is 1.81 bits per heavy atom. The van der Waals surface area contributed by atoms with Crippen LogP contribution in [0.1, 0.15) is 17.0 Å². The number of methoxy groups -OCH3 is 2. The molecule has 0 saturated carbocycles. The number of benzene rings is 2. The molecule has 0 atom stereocenters. The Morgan fingerprint density at radius 1 is 1.03 bits per heavy atom. The van der Waals surface area contributed by atoms with Crippen LogP contribution in [0, 0.1) is 13.8 Å². The van der Waals surface area contributed by atoms with E-state index in [1.165, 1.54) is 20.4 Å². The van der Waals surface area contributed by atoms with E-state index in [0.29, 0.717) is 22.2 Å². The summed E-state index contributed by atoms with van der Waals surface area (Å²) in [5.74, 6) is -0.911. The van der Waals surface area contributed by atoms with Crippen LogP contribution in [-0.4, -0.2) is 36.8 Å². The number of nitrogens with one attached hydrogen (secondary N) is 2. The fourth-order valence-corrected chi connectivity index (χ4v) is 3.42. The van der Waals surface area contributed by atoms with Crippen molar-refractivity contribution in [1.82, 2.24) is 9.99 Å². The van der Waals surface area contributed by atoms with Gasteiger partial charge in [-0.25, -0.2) is 5.43 Å². The predicted molar refractivity (Wildman–Crippen MR) is 124 cm³/mol. The van der Waals surface area contributed by atoms with Crippen LogP contribution in [0.2, 0.25) is 5.02 Å². The summed E-state index contributed by atoms with van der Waals surface area (Å²) in [4.78, 5) is 24.4. The lowest BCUT2D eigenvalue weighted by molar-refractivity contribution is -0.136. The maximum absolute atomic E-state index is 12.3. The third-order valence-corrected chi connectivity index (χ3v) is 5.00. The van der Waals surface area contributed by atoms with Gasteiger partial charge in [-0.15, -0.1) is 0 Å². The molecule has 0 spiro atoms. The molecule has 0 unspecified atom stereocenters. The lowest BCUT2D eigenvalue weighted by Gasteiger charge is -2.11. The third-order valence-electron chi connectivity index (χ3n) is 4.77. The molecule has 3 aromatic rings. The topological polar surface area (TPSA) is 93.9 Å². The van der Waals surface area contributed by atoms with Crippen molar-refractivity contribution >= 4 is 35.3 Å². The van der Waals surface area contributed by atoms with Crippen molar-refractivity contribution in [2.45, 2.75) is 13.8 Å². The lowest BCUT2D eigenvalue weighted by atomic mass is 10.2. The molecule has 0 fully saturated rings. The molecule has 0 bridgehead atoms. The van der Waals surface area contributed by atoms with Gasteiger partial charge in [0.15, 0.2) is 0 Å².